The third kappa shape index (κ3) is 4.79. The minimum Gasteiger partial charge on any atom is -0.471 e. The summed E-state index contributed by atoms with van der Waals surface area (Å²) < 4.78 is 30.5. The van der Waals surface area contributed by atoms with E-state index in [2.05, 4.69) is 0 Å². The second-order valence-corrected chi connectivity index (χ2v) is 8.10. The number of hydrogen-bond acceptors (Lipinski definition) is 10. The summed E-state index contributed by atoms with van der Waals surface area (Å²) in [6, 6.07) is 0. The van der Waals surface area contributed by atoms with Crippen LogP contribution >= 0.6 is 0 Å². The molecule has 0 spiro atoms. The molecule has 34 heavy (non-hydrogen) atoms. The molecule has 6 atom stereocenters. The van der Waals surface area contributed by atoms with Crippen molar-refractivity contribution in [3.8, 4) is 0 Å². The molecule has 1 N–H and O–H groups in total. The highest BCUT2D eigenvalue weighted by Crippen LogP contribution is 2.44. The Labute approximate surface area is 197 Å². The van der Waals surface area contributed by atoms with Gasteiger partial charge in [0.1, 0.15) is 6.29 Å². The van der Waals surface area contributed by atoms with Gasteiger partial charge >= 0.3 is 11.9 Å². The molecule has 186 valence electrons. The van der Waals surface area contributed by atoms with Crippen molar-refractivity contribution in [3.63, 3.8) is 0 Å². The van der Waals surface area contributed by atoms with Crippen LogP contribution in [0.1, 0.15) is 12.8 Å². The second kappa shape index (κ2) is 11.5. The van der Waals surface area contributed by atoms with Gasteiger partial charge in [0, 0.05) is 26.1 Å². The number of methoxy groups -OCH3 is 4. The third-order valence-corrected chi connectivity index (χ3v) is 6.59. The molecule has 0 aromatic carbocycles. The molecule has 4 rings (SSSR count). The van der Waals surface area contributed by atoms with Crippen LogP contribution < -0.4 is 0 Å². The van der Waals surface area contributed by atoms with Gasteiger partial charge in [-0.15, -0.1) is 0 Å². The molecule has 6 unspecified atom stereocenters. The zero-order valence-corrected chi connectivity index (χ0v) is 19.6. The van der Waals surface area contributed by atoms with E-state index in [4.69, 9.17) is 28.4 Å². The van der Waals surface area contributed by atoms with E-state index < -0.39 is 18.5 Å². The van der Waals surface area contributed by atoms with Crippen LogP contribution in [0.4, 0.5) is 0 Å². The number of rotatable bonds is 6. The Bertz CT molecular complexity index is 915. The lowest BCUT2D eigenvalue weighted by Gasteiger charge is -2.33. The van der Waals surface area contributed by atoms with Crippen LogP contribution in [0.5, 0.6) is 0 Å². The van der Waals surface area contributed by atoms with E-state index in [1.54, 1.807) is 7.11 Å². The predicted octanol–water partition coefficient (Wildman–Crippen LogP) is 1.41. The fraction of sp³-hybridized carbons (Fsp3) is 0.542. The highest BCUT2D eigenvalue weighted by molar-refractivity contribution is 5.90. The van der Waals surface area contributed by atoms with E-state index in [0.29, 0.717) is 29.6 Å². The summed E-state index contributed by atoms with van der Waals surface area (Å²) >= 11 is 0. The van der Waals surface area contributed by atoms with E-state index in [1.165, 1.54) is 33.9 Å². The maximum atomic E-state index is 11.6. The molecular weight excluding hydrogens is 448 g/mol. The van der Waals surface area contributed by atoms with Crippen molar-refractivity contribution >= 4 is 18.2 Å². The number of esters is 2. The maximum Gasteiger partial charge on any atom is 0.337 e. The van der Waals surface area contributed by atoms with Gasteiger partial charge in [-0.25, -0.2) is 9.59 Å². The Kier molecular flexibility index (Phi) is 8.65. The van der Waals surface area contributed by atoms with E-state index >= 15 is 0 Å². The molecule has 2 aliphatic heterocycles. The Hall–Kier alpha value is -2.95. The van der Waals surface area contributed by atoms with Gasteiger partial charge in [-0.3, -0.25) is 4.79 Å². The van der Waals surface area contributed by atoms with Crippen LogP contribution in [0.3, 0.4) is 0 Å². The molecule has 2 aliphatic carbocycles. The second-order valence-electron chi connectivity index (χ2n) is 8.10. The summed E-state index contributed by atoms with van der Waals surface area (Å²) in [5, 5.41) is 9.29. The van der Waals surface area contributed by atoms with Crippen LogP contribution in [0.25, 0.3) is 0 Å². The summed E-state index contributed by atoms with van der Waals surface area (Å²) in [5.74, 6) is -1.26. The Morgan fingerprint density at radius 1 is 0.912 bits per heavy atom. The summed E-state index contributed by atoms with van der Waals surface area (Å²) in [5.41, 5.74) is 2.44. The monoisotopic (exact) mass is 478 g/mol. The number of ether oxygens (including phenoxy) is 6. The molecule has 0 saturated carbocycles. The smallest absolute Gasteiger partial charge is 0.337 e. The number of carbonyl (C=O) groups excluding carboxylic acids is 3. The van der Waals surface area contributed by atoms with Crippen molar-refractivity contribution in [2.75, 3.05) is 35.0 Å². The van der Waals surface area contributed by atoms with Gasteiger partial charge in [-0.2, -0.15) is 0 Å². The largest absolute Gasteiger partial charge is 0.471 e. The van der Waals surface area contributed by atoms with Gasteiger partial charge in [-0.1, -0.05) is 12.2 Å². The molecule has 0 fully saturated rings. The fourth-order valence-electron chi connectivity index (χ4n) is 4.91. The summed E-state index contributed by atoms with van der Waals surface area (Å²) in [7, 11) is 5.73. The van der Waals surface area contributed by atoms with Crippen LogP contribution in [0.2, 0.25) is 0 Å². The highest BCUT2D eigenvalue weighted by Gasteiger charge is 2.45. The minimum atomic E-state index is -0.521. The molecule has 0 aromatic heterocycles. The molecule has 0 aromatic rings. The van der Waals surface area contributed by atoms with Crippen LogP contribution in [-0.4, -0.2) is 71.0 Å². The van der Waals surface area contributed by atoms with Crippen molar-refractivity contribution < 1.29 is 47.9 Å². The number of hydrogen-bond donors (Lipinski definition) is 1. The molecule has 4 aliphatic rings. The molecule has 0 amide bonds. The van der Waals surface area contributed by atoms with Crippen LogP contribution in [0, 0.1) is 23.7 Å². The molecule has 0 bridgehead atoms. The predicted molar refractivity (Wildman–Crippen MR) is 116 cm³/mol. The number of fused-ring (bicyclic) bond motifs is 2. The van der Waals surface area contributed by atoms with Crippen molar-refractivity contribution in [2.24, 2.45) is 23.7 Å². The standard InChI is InChI=1S/C12H16O5.C12H14O5/c2*1-15-11(14)9-6-17-12(16-2)10-7(5-13)3-4-8(9)10/h3,6,8,10,12-13H,4-5H2,1-2H3;3,5-6,8,10,12H,4H2,1-2H3. The van der Waals surface area contributed by atoms with Gasteiger partial charge in [0.15, 0.2) is 0 Å². The minimum absolute atomic E-state index is 0.0247. The van der Waals surface area contributed by atoms with Crippen molar-refractivity contribution in [1.29, 1.82) is 0 Å². The fourth-order valence-corrected chi connectivity index (χ4v) is 4.91. The van der Waals surface area contributed by atoms with Gasteiger partial charge < -0.3 is 33.5 Å². The van der Waals surface area contributed by atoms with Gasteiger partial charge in [0.2, 0.25) is 12.6 Å². The maximum absolute atomic E-state index is 11.6. The van der Waals surface area contributed by atoms with Gasteiger partial charge in [0.05, 0.1) is 56.3 Å². The molecule has 2 heterocycles. The average Bonchev–Trinajstić information content (AvgIpc) is 3.51. The Morgan fingerprint density at radius 3 is 1.88 bits per heavy atom. The first-order valence-electron chi connectivity index (χ1n) is 10.8. The summed E-state index contributed by atoms with van der Waals surface area (Å²) in [6.45, 7) is -0.0428. The molecule has 10 heteroatoms. The first-order chi connectivity index (χ1) is 16.4. The summed E-state index contributed by atoms with van der Waals surface area (Å²) in [4.78, 5) is 34.1. The SMILES string of the molecule is COC(=O)C1=COC(OC)C2C(C=O)=CCC12.COC(=O)C1=COC(OC)C2C(CO)=CCC12. The van der Waals surface area contributed by atoms with Crippen molar-refractivity contribution in [1.82, 2.24) is 0 Å². The molecule has 10 nitrogen and oxygen atoms in total. The van der Waals surface area contributed by atoms with Crippen LogP contribution in [0.15, 0.2) is 47.0 Å². The molecular formula is C24H30O10. The number of allylic oxidation sites excluding steroid dienone is 2. The average molecular weight is 478 g/mol. The Morgan fingerprint density at radius 2 is 1.41 bits per heavy atom. The van der Waals surface area contributed by atoms with Gasteiger partial charge in [0.25, 0.3) is 0 Å². The topological polar surface area (TPSA) is 127 Å². The lowest BCUT2D eigenvalue weighted by atomic mass is 9.83. The third-order valence-electron chi connectivity index (χ3n) is 6.59. The van der Waals surface area contributed by atoms with Crippen molar-refractivity contribution in [3.05, 3.63) is 47.0 Å². The molecule has 0 radical (unpaired) electrons. The van der Waals surface area contributed by atoms with E-state index in [9.17, 15) is 19.5 Å². The zero-order valence-electron chi connectivity index (χ0n) is 19.6. The van der Waals surface area contributed by atoms with Gasteiger partial charge in [-0.05, 0) is 24.0 Å². The number of aliphatic hydroxyl groups excluding tert-OH is 1. The lowest BCUT2D eigenvalue weighted by molar-refractivity contribution is -0.147. The van der Waals surface area contributed by atoms with E-state index in [0.717, 1.165) is 11.9 Å². The van der Waals surface area contributed by atoms with Crippen molar-refractivity contribution in [2.45, 2.75) is 25.4 Å². The zero-order chi connectivity index (χ0) is 24.8. The van der Waals surface area contributed by atoms with E-state index in [1.807, 2.05) is 12.2 Å². The van der Waals surface area contributed by atoms with Crippen LogP contribution in [-0.2, 0) is 42.8 Å². The normalized spacial score (nSPS) is 31.0. The quantitative estimate of drug-likeness (QED) is 0.340. The number of aliphatic hydroxyl groups is 1. The Balaban J connectivity index is 0.000000191. The first-order valence-corrected chi connectivity index (χ1v) is 10.8. The summed E-state index contributed by atoms with van der Waals surface area (Å²) in [6.07, 6.45) is 7.69. The first kappa shape index (κ1) is 25.7. The lowest BCUT2D eigenvalue weighted by Crippen LogP contribution is -2.36. The number of carbonyl (C=O) groups is 3. The number of aldehydes is 1. The molecule has 0 saturated heterocycles. The highest BCUT2D eigenvalue weighted by atomic mass is 16.7. The van der Waals surface area contributed by atoms with E-state index in [-0.39, 0.29) is 36.2 Å².